The lowest BCUT2D eigenvalue weighted by molar-refractivity contribution is -0.116. The van der Waals surface area contributed by atoms with Crippen LogP contribution in [-0.2, 0) is 11.3 Å². The number of amides is 1. The van der Waals surface area contributed by atoms with E-state index >= 15 is 0 Å². The molecule has 0 bridgehead atoms. The summed E-state index contributed by atoms with van der Waals surface area (Å²) in [5.74, 6) is -0.122. The number of hydrogen-bond acceptors (Lipinski definition) is 3. The van der Waals surface area contributed by atoms with Gasteiger partial charge in [-0.3, -0.25) is 4.79 Å². The zero-order valence-electron chi connectivity index (χ0n) is 13.3. The minimum atomic E-state index is -0.217. The number of carbonyl (C=O) groups excluding carboxylic acids is 1. The number of benzene rings is 2. The summed E-state index contributed by atoms with van der Waals surface area (Å²) in [5, 5.41) is 21.4. The molecule has 0 aliphatic heterocycles. The number of hydrogen-bond donors (Lipinski definition) is 3. The third-order valence-corrected chi connectivity index (χ3v) is 3.54. The first-order valence-electron chi connectivity index (χ1n) is 7.52. The van der Waals surface area contributed by atoms with Gasteiger partial charge in [0.1, 0.15) is 0 Å². The molecule has 0 saturated carbocycles. The highest BCUT2D eigenvalue weighted by molar-refractivity contribution is 5.91. The highest BCUT2D eigenvalue weighted by atomic mass is 16.3. The first-order valence-corrected chi connectivity index (χ1v) is 7.52. The van der Waals surface area contributed by atoms with Crippen molar-refractivity contribution in [3.8, 4) is 11.5 Å². The first-order chi connectivity index (χ1) is 11.0. The fraction of sp³-hybridized carbons (Fsp3) is 0.211. The molecular weight excluding hydrogens is 290 g/mol. The van der Waals surface area contributed by atoms with E-state index in [9.17, 15) is 15.0 Å². The molecule has 2 aromatic carbocycles. The summed E-state index contributed by atoms with van der Waals surface area (Å²) in [5.41, 5.74) is 2.95. The highest BCUT2D eigenvalue weighted by Gasteiger charge is 2.01. The number of phenolic OH excluding ortho intramolecular Hbond substituents is 2. The van der Waals surface area contributed by atoms with Crippen LogP contribution in [0.2, 0.25) is 0 Å². The second-order valence-corrected chi connectivity index (χ2v) is 5.70. The number of phenols is 2. The lowest BCUT2D eigenvalue weighted by Gasteiger charge is -2.07. The second kappa shape index (κ2) is 7.49. The average Bonchev–Trinajstić information content (AvgIpc) is 2.54. The van der Waals surface area contributed by atoms with Gasteiger partial charge in [-0.25, -0.2) is 0 Å². The standard InChI is InChI=1S/C19H21NO3/c1-13(2)16-7-3-15(4-8-16)12-20-19(23)10-6-14-5-9-17(21)18(22)11-14/h3-11,13,21-22H,12H2,1-2H3,(H,20,23). The monoisotopic (exact) mass is 311 g/mol. The van der Waals surface area contributed by atoms with E-state index in [0.29, 0.717) is 18.0 Å². The van der Waals surface area contributed by atoms with Gasteiger partial charge in [0.15, 0.2) is 11.5 Å². The fourth-order valence-corrected chi connectivity index (χ4v) is 2.08. The van der Waals surface area contributed by atoms with Gasteiger partial charge in [0.25, 0.3) is 0 Å². The third-order valence-electron chi connectivity index (χ3n) is 3.54. The maximum Gasteiger partial charge on any atom is 0.244 e. The van der Waals surface area contributed by atoms with E-state index in [1.165, 1.54) is 23.8 Å². The van der Waals surface area contributed by atoms with Gasteiger partial charge in [-0.2, -0.15) is 0 Å². The molecule has 3 N–H and O–H groups in total. The molecule has 4 nitrogen and oxygen atoms in total. The molecule has 4 heteroatoms. The molecule has 0 unspecified atom stereocenters. The Kier molecular flexibility index (Phi) is 5.41. The summed E-state index contributed by atoms with van der Waals surface area (Å²) in [6.07, 6.45) is 2.98. The average molecular weight is 311 g/mol. The van der Waals surface area contributed by atoms with Crippen LogP contribution in [0.1, 0.15) is 36.5 Å². The van der Waals surface area contributed by atoms with Crippen LogP contribution in [0.25, 0.3) is 6.08 Å². The second-order valence-electron chi connectivity index (χ2n) is 5.70. The topological polar surface area (TPSA) is 69.6 Å². The Bertz CT molecular complexity index is 703. The summed E-state index contributed by atoms with van der Waals surface area (Å²) in [7, 11) is 0. The van der Waals surface area contributed by atoms with Gasteiger partial charge in [-0.1, -0.05) is 44.2 Å². The zero-order valence-corrected chi connectivity index (χ0v) is 13.3. The van der Waals surface area contributed by atoms with Crippen molar-refractivity contribution in [2.75, 3.05) is 0 Å². The Hall–Kier alpha value is -2.75. The van der Waals surface area contributed by atoms with E-state index < -0.39 is 0 Å². The summed E-state index contributed by atoms with van der Waals surface area (Å²) >= 11 is 0. The molecule has 2 rings (SSSR count). The predicted octanol–water partition coefficient (Wildman–Crippen LogP) is 3.55. The summed E-state index contributed by atoms with van der Waals surface area (Å²) in [6, 6.07) is 12.5. The SMILES string of the molecule is CC(C)c1ccc(CNC(=O)C=Cc2ccc(O)c(O)c2)cc1. The molecule has 0 radical (unpaired) electrons. The van der Waals surface area contributed by atoms with Crippen molar-refractivity contribution in [2.24, 2.45) is 0 Å². The molecular formula is C19H21NO3. The predicted molar refractivity (Wildman–Crippen MR) is 91.2 cm³/mol. The molecule has 23 heavy (non-hydrogen) atoms. The molecule has 0 aliphatic carbocycles. The van der Waals surface area contributed by atoms with Gasteiger partial charge < -0.3 is 15.5 Å². The van der Waals surface area contributed by atoms with Crippen LogP contribution < -0.4 is 5.32 Å². The molecule has 2 aromatic rings. The highest BCUT2D eigenvalue weighted by Crippen LogP contribution is 2.25. The van der Waals surface area contributed by atoms with E-state index in [1.807, 2.05) is 12.1 Å². The van der Waals surface area contributed by atoms with Crippen molar-refractivity contribution in [3.05, 3.63) is 65.2 Å². The smallest absolute Gasteiger partial charge is 0.244 e. The van der Waals surface area contributed by atoms with E-state index in [1.54, 1.807) is 12.1 Å². The molecule has 0 heterocycles. The fourth-order valence-electron chi connectivity index (χ4n) is 2.08. The van der Waals surface area contributed by atoms with Crippen LogP contribution >= 0.6 is 0 Å². The molecule has 120 valence electrons. The van der Waals surface area contributed by atoms with Crippen LogP contribution in [-0.4, -0.2) is 16.1 Å². The summed E-state index contributed by atoms with van der Waals surface area (Å²) < 4.78 is 0. The lowest BCUT2D eigenvalue weighted by atomic mass is 10.0. The van der Waals surface area contributed by atoms with E-state index in [0.717, 1.165) is 5.56 Å². The van der Waals surface area contributed by atoms with Crippen molar-refractivity contribution >= 4 is 12.0 Å². The van der Waals surface area contributed by atoms with Crippen molar-refractivity contribution in [3.63, 3.8) is 0 Å². The van der Waals surface area contributed by atoms with E-state index in [-0.39, 0.29) is 17.4 Å². The first kappa shape index (κ1) is 16.6. The van der Waals surface area contributed by atoms with Crippen molar-refractivity contribution in [1.82, 2.24) is 5.32 Å². The van der Waals surface area contributed by atoms with Crippen LogP contribution in [0.4, 0.5) is 0 Å². The minimum Gasteiger partial charge on any atom is -0.504 e. The molecule has 0 fully saturated rings. The Morgan fingerprint density at radius 1 is 1.09 bits per heavy atom. The van der Waals surface area contributed by atoms with Gasteiger partial charge in [0.05, 0.1) is 0 Å². The maximum atomic E-state index is 11.8. The van der Waals surface area contributed by atoms with Gasteiger partial charge in [-0.15, -0.1) is 0 Å². The number of aromatic hydroxyl groups is 2. The lowest BCUT2D eigenvalue weighted by Crippen LogP contribution is -2.20. The van der Waals surface area contributed by atoms with Gasteiger partial charge in [0.2, 0.25) is 5.91 Å². The Balaban J connectivity index is 1.89. The Morgan fingerprint density at radius 3 is 2.39 bits per heavy atom. The van der Waals surface area contributed by atoms with Crippen LogP contribution in [0, 0.1) is 0 Å². The largest absolute Gasteiger partial charge is 0.504 e. The molecule has 0 saturated heterocycles. The number of carbonyl (C=O) groups is 1. The van der Waals surface area contributed by atoms with Gasteiger partial charge in [-0.05, 0) is 40.8 Å². The van der Waals surface area contributed by atoms with Crippen LogP contribution in [0.5, 0.6) is 11.5 Å². The third kappa shape index (κ3) is 4.88. The maximum absolute atomic E-state index is 11.8. The van der Waals surface area contributed by atoms with Crippen molar-refractivity contribution < 1.29 is 15.0 Å². The Labute approximate surface area is 136 Å². The van der Waals surface area contributed by atoms with Crippen LogP contribution in [0.3, 0.4) is 0 Å². The molecule has 0 spiro atoms. The van der Waals surface area contributed by atoms with Gasteiger partial charge in [0, 0.05) is 12.6 Å². The minimum absolute atomic E-state index is 0.184. The van der Waals surface area contributed by atoms with Gasteiger partial charge >= 0.3 is 0 Å². The van der Waals surface area contributed by atoms with Crippen LogP contribution in [0.15, 0.2) is 48.5 Å². The quantitative estimate of drug-likeness (QED) is 0.584. The molecule has 0 aromatic heterocycles. The molecule has 1 amide bonds. The zero-order chi connectivity index (χ0) is 16.8. The Morgan fingerprint density at radius 2 is 1.78 bits per heavy atom. The van der Waals surface area contributed by atoms with E-state index in [4.69, 9.17) is 0 Å². The van der Waals surface area contributed by atoms with Crippen molar-refractivity contribution in [2.45, 2.75) is 26.3 Å². The normalized spacial score (nSPS) is 11.1. The van der Waals surface area contributed by atoms with Crippen molar-refractivity contribution in [1.29, 1.82) is 0 Å². The van der Waals surface area contributed by atoms with E-state index in [2.05, 4.69) is 31.3 Å². The number of nitrogens with one attached hydrogen (secondary N) is 1. The molecule has 0 aliphatic rings. The summed E-state index contributed by atoms with van der Waals surface area (Å²) in [6.45, 7) is 4.74. The summed E-state index contributed by atoms with van der Waals surface area (Å²) in [4.78, 5) is 11.8. The number of rotatable bonds is 5. The molecule has 0 atom stereocenters.